The maximum Gasteiger partial charge on any atom is 0.344 e. The van der Waals surface area contributed by atoms with Gasteiger partial charge in [0.1, 0.15) is 17.1 Å². The maximum absolute atomic E-state index is 12.6. The lowest BCUT2D eigenvalue weighted by atomic mass is 10.0. The standard InChI is InChI=1S/C25H20N2O5S/c1-30-18-10-7-15(8-11-18)23(28)27-25(33)26-20-14-16(9-12-22(20)31-2)19-13-17-5-3-4-6-21(17)32-24(19)29/h3-14H,1-2H3,(H2,26,27,28,33). The Balaban J connectivity index is 1.58. The van der Waals surface area contributed by atoms with E-state index in [2.05, 4.69) is 10.6 Å². The Morgan fingerprint density at radius 2 is 1.70 bits per heavy atom. The van der Waals surface area contributed by atoms with Crippen LogP contribution in [0, 0.1) is 0 Å². The molecule has 166 valence electrons. The second kappa shape index (κ2) is 9.54. The summed E-state index contributed by atoms with van der Waals surface area (Å²) in [5, 5.41) is 6.49. The van der Waals surface area contributed by atoms with Gasteiger partial charge >= 0.3 is 5.63 Å². The number of nitrogens with one attached hydrogen (secondary N) is 2. The molecule has 7 nitrogen and oxygen atoms in total. The van der Waals surface area contributed by atoms with E-state index >= 15 is 0 Å². The lowest BCUT2D eigenvalue weighted by molar-refractivity contribution is 0.0977. The van der Waals surface area contributed by atoms with E-state index in [1.807, 2.05) is 18.2 Å². The molecular weight excluding hydrogens is 440 g/mol. The van der Waals surface area contributed by atoms with Gasteiger partial charge in [-0.25, -0.2) is 4.79 Å². The first-order valence-corrected chi connectivity index (χ1v) is 10.4. The largest absolute Gasteiger partial charge is 0.497 e. The number of carbonyl (C=O) groups is 1. The van der Waals surface area contributed by atoms with Crippen LogP contribution in [0.1, 0.15) is 10.4 Å². The third-order valence-corrected chi connectivity index (χ3v) is 5.18. The monoisotopic (exact) mass is 460 g/mol. The first-order chi connectivity index (χ1) is 16.0. The molecule has 0 atom stereocenters. The minimum absolute atomic E-state index is 0.0804. The fraction of sp³-hybridized carbons (Fsp3) is 0.0800. The smallest absolute Gasteiger partial charge is 0.344 e. The third kappa shape index (κ3) is 4.86. The van der Waals surface area contributed by atoms with Crippen LogP contribution in [0.15, 0.2) is 82.0 Å². The fourth-order valence-electron chi connectivity index (χ4n) is 3.31. The number of methoxy groups -OCH3 is 2. The van der Waals surface area contributed by atoms with Gasteiger partial charge in [-0.1, -0.05) is 24.3 Å². The minimum atomic E-state index is -0.458. The van der Waals surface area contributed by atoms with E-state index in [1.165, 1.54) is 7.11 Å². The van der Waals surface area contributed by atoms with Crippen LogP contribution in [0.4, 0.5) is 5.69 Å². The van der Waals surface area contributed by atoms with Crippen molar-refractivity contribution in [2.75, 3.05) is 19.5 Å². The molecule has 0 radical (unpaired) electrons. The number of benzene rings is 3. The zero-order chi connectivity index (χ0) is 23.4. The summed E-state index contributed by atoms with van der Waals surface area (Å²) in [4.78, 5) is 25.1. The first kappa shape index (κ1) is 22.0. The zero-order valence-corrected chi connectivity index (χ0v) is 18.7. The SMILES string of the molecule is COc1ccc(C(=O)NC(=S)Nc2cc(-c3cc4ccccc4oc3=O)ccc2OC)cc1. The van der Waals surface area contributed by atoms with Gasteiger partial charge in [0.15, 0.2) is 5.11 Å². The van der Waals surface area contributed by atoms with Crippen molar-refractivity contribution in [1.29, 1.82) is 0 Å². The highest BCUT2D eigenvalue weighted by molar-refractivity contribution is 7.80. The number of hydrogen-bond donors (Lipinski definition) is 2. The summed E-state index contributed by atoms with van der Waals surface area (Å²) >= 11 is 5.31. The number of hydrogen-bond acceptors (Lipinski definition) is 6. The summed E-state index contributed by atoms with van der Waals surface area (Å²) in [6, 6.07) is 20.9. The topological polar surface area (TPSA) is 89.8 Å². The van der Waals surface area contributed by atoms with E-state index in [9.17, 15) is 9.59 Å². The molecule has 0 bridgehead atoms. The van der Waals surface area contributed by atoms with Gasteiger partial charge in [0.25, 0.3) is 5.91 Å². The third-order valence-electron chi connectivity index (χ3n) is 4.98. The Kier molecular flexibility index (Phi) is 6.37. The zero-order valence-electron chi connectivity index (χ0n) is 17.9. The van der Waals surface area contributed by atoms with E-state index in [1.54, 1.807) is 61.7 Å². The summed E-state index contributed by atoms with van der Waals surface area (Å²) in [6.07, 6.45) is 0. The van der Waals surface area contributed by atoms with Crippen molar-refractivity contribution in [2.45, 2.75) is 0 Å². The number of fused-ring (bicyclic) bond motifs is 1. The van der Waals surface area contributed by atoms with E-state index in [-0.39, 0.29) is 11.0 Å². The van der Waals surface area contributed by atoms with Crippen LogP contribution in [0.2, 0.25) is 0 Å². The molecule has 0 spiro atoms. The Morgan fingerprint density at radius 3 is 2.42 bits per heavy atom. The van der Waals surface area contributed by atoms with Gasteiger partial charge in [-0.2, -0.15) is 0 Å². The lowest BCUT2D eigenvalue weighted by Crippen LogP contribution is -2.34. The number of carbonyl (C=O) groups excluding carboxylic acids is 1. The van der Waals surface area contributed by atoms with Gasteiger partial charge in [0.2, 0.25) is 0 Å². The van der Waals surface area contributed by atoms with Gasteiger partial charge in [-0.3, -0.25) is 10.1 Å². The lowest BCUT2D eigenvalue weighted by Gasteiger charge is -2.14. The van der Waals surface area contributed by atoms with E-state index in [0.29, 0.717) is 39.5 Å². The molecule has 1 aromatic heterocycles. The van der Waals surface area contributed by atoms with Gasteiger partial charge in [0, 0.05) is 10.9 Å². The van der Waals surface area contributed by atoms with Crippen LogP contribution in [0.25, 0.3) is 22.1 Å². The van der Waals surface area contributed by atoms with Gasteiger partial charge in [-0.15, -0.1) is 0 Å². The Labute approximate surface area is 195 Å². The van der Waals surface area contributed by atoms with Crippen LogP contribution in [0.5, 0.6) is 11.5 Å². The summed E-state index contributed by atoms with van der Waals surface area (Å²) < 4.78 is 15.9. The average Bonchev–Trinajstić information content (AvgIpc) is 2.83. The summed E-state index contributed by atoms with van der Waals surface area (Å²) in [5.41, 5.74) is 1.98. The number of ether oxygens (including phenoxy) is 2. The molecule has 0 aliphatic rings. The highest BCUT2D eigenvalue weighted by Crippen LogP contribution is 2.30. The molecule has 1 amide bonds. The van der Waals surface area contributed by atoms with Gasteiger partial charge < -0.3 is 19.2 Å². The first-order valence-electron chi connectivity index (χ1n) is 9.96. The van der Waals surface area contributed by atoms with Crippen molar-refractivity contribution in [2.24, 2.45) is 0 Å². The highest BCUT2D eigenvalue weighted by Gasteiger charge is 2.14. The predicted octanol–water partition coefficient (Wildman–Crippen LogP) is 4.60. The molecule has 0 saturated heterocycles. The summed E-state index contributed by atoms with van der Waals surface area (Å²) in [7, 11) is 3.07. The molecule has 4 aromatic rings. The van der Waals surface area contributed by atoms with E-state index in [0.717, 1.165) is 5.39 Å². The molecule has 0 aliphatic carbocycles. The van der Waals surface area contributed by atoms with Crippen molar-refractivity contribution >= 4 is 39.9 Å². The van der Waals surface area contributed by atoms with Crippen molar-refractivity contribution in [3.8, 4) is 22.6 Å². The van der Waals surface area contributed by atoms with E-state index in [4.69, 9.17) is 26.1 Å². The molecule has 3 aromatic carbocycles. The Hall–Kier alpha value is -4.17. The van der Waals surface area contributed by atoms with Crippen LogP contribution in [-0.4, -0.2) is 25.2 Å². The van der Waals surface area contributed by atoms with Crippen LogP contribution >= 0.6 is 12.2 Å². The number of thiocarbonyl (C=S) groups is 1. The molecular formula is C25H20N2O5S. The molecule has 0 saturated carbocycles. The van der Waals surface area contributed by atoms with Gasteiger partial charge in [0.05, 0.1) is 25.5 Å². The van der Waals surface area contributed by atoms with Crippen LogP contribution in [0.3, 0.4) is 0 Å². The average molecular weight is 461 g/mol. The molecule has 0 aliphatic heterocycles. The second-order valence-corrected chi connectivity index (χ2v) is 7.45. The van der Waals surface area contributed by atoms with Crippen molar-refractivity contribution in [3.05, 3.63) is 88.8 Å². The molecule has 4 rings (SSSR count). The molecule has 0 unspecified atom stereocenters. The minimum Gasteiger partial charge on any atom is -0.497 e. The molecule has 1 heterocycles. The van der Waals surface area contributed by atoms with Crippen LogP contribution < -0.4 is 25.7 Å². The molecule has 33 heavy (non-hydrogen) atoms. The second-order valence-electron chi connectivity index (χ2n) is 7.04. The maximum atomic E-state index is 12.6. The van der Waals surface area contributed by atoms with Crippen LogP contribution in [-0.2, 0) is 0 Å². The number of para-hydroxylation sites is 1. The van der Waals surface area contributed by atoms with Crippen molar-refractivity contribution < 1.29 is 18.7 Å². The van der Waals surface area contributed by atoms with Gasteiger partial charge in [-0.05, 0) is 66.3 Å². The van der Waals surface area contributed by atoms with Crippen molar-refractivity contribution in [1.82, 2.24) is 5.32 Å². The quantitative estimate of drug-likeness (QED) is 0.332. The predicted molar refractivity (Wildman–Crippen MR) is 131 cm³/mol. The number of rotatable bonds is 5. The normalized spacial score (nSPS) is 10.5. The van der Waals surface area contributed by atoms with E-state index < -0.39 is 5.63 Å². The van der Waals surface area contributed by atoms with Crippen molar-refractivity contribution in [3.63, 3.8) is 0 Å². The highest BCUT2D eigenvalue weighted by atomic mass is 32.1. The number of anilines is 1. The summed E-state index contributed by atoms with van der Waals surface area (Å²) in [6.45, 7) is 0. The molecule has 0 fully saturated rings. The summed E-state index contributed by atoms with van der Waals surface area (Å²) in [5.74, 6) is 0.761. The fourth-order valence-corrected chi connectivity index (χ4v) is 3.51. The molecule has 2 N–H and O–H groups in total. The Bertz CT molecular complexity index is 1400. The Morgan fingerprint density at radius 1 is 0.939 bits per heavy atom. The number of amides is 1. The molecule has 8 heteroatoms.